The van der Waals surface area contributed by atoms with Gasteiger partial charge in [0, 0.05) is 0 Å². The zero-order chi connectivity index (χ0) is 21.0. The highest BCUT2D eigenvalue weighted by atomic mass is 16.6. The van der Waals surface area contributed by atoms with Gasteiger partial charge in [-0.05, 0) is 25.0 Å². The third-order valence-corrected chi connectivity index (χ3v) is 6.12. The molecule has 5 atom stereocenters. The maximum atomic E-state index is 12.7. The molecule has 29 heavy (non-hydrogen) atoms. The normalized spacial score (nSPS) is 34.6. The molecule has 1 fully saturated rings. The topological polar surface area (TPSA) is 158 Å². The van der Waals surface area contributed by atoms with E-state index in [0.29, 0.717) is 18.4 Å². The molecule has 10 heteroatoms. The largest absolute Gasteiger partial charge is 0.449 e. The van der Waals surface area contributed by atoms with Crippen molar-refractivity contribution in [2.24, 2.45) is 16.5 Å². The minimum Gasteiger partial charge on any atom is -0.449 e. The molecule has 156 valence electrons. The summed E-state index contributed by atoms with van der Waals surface area (Å²) in [6.45, 7) is 3.80. The Labute approximate surface area is 168 Å². The number of aliphatic hydroxyl groups is 2. The number of esters is 1. The zero-order valence-electron chi connectivity index (χ0n) is 16.4. The molecule has 4 rings (SSSR count). The lowest BCUT2D eigenvalue weighted by molar-refractivity contribution is -0.649. The van der Waals surface area contributed by atoms with Gasteiger partial charge in [-0.25, -0.2) is 14.4 Å². The Morgan fingerprint density at radius 1 is 1.24 bits per heavy atom. The molecule has 0 bridgehead atoms. The van der Waals surface area contributed by atoms with Gasteiger partial charge in [0.2, 0.25) is 5.66 Å². The number of ether oxygens (including phenoxy) is 1. The first-order valence-electron chi connectivity index (χ1n) is 9.78. The van der Waals surface area contributed by atoms with Crippen LogP contribution in [0, 0.1) is 0 Å². The van der Waals surface area contributed by atoms with Crippen LogP contribution in [0.3, 0.4) is 0 Å². The second-order valence-electron chi connectivity index (χ2n) is 7.66. The van der Waals surface area contributed by atoms with Gasteiger partial charge >= 0.3 is 11.9 Å². The molecule has 1 spiro atoms. The smallest absolute Gasteiger partial charge is 0.346 e. The van der Waals surface area contributed by atoms with E-state index in [1.807, 2.05) is 13.8 Å². The van der Waals surface area contributed by atoms with Crippen molar-refractivity contribution in [3.63, 3.8) is 0 Å². The number of carbonyl (C=O) groups excluding carboxylic acids is 1. The summed E-state index contributed by atoms with van der Waals surface area (Å²) in [5.74, 6) is -2.83. The quantitative estimate of drug-likeness (QED) is 0.199. The highest BCUT2D eigenvalue weighted by Crippen LogP contribution is 2.46. The predicted octanol–water partition coefficient (Wildman–Crippen LogP) is -1.62. The Balaban J connectivity index is 1.80. The van der Waals surface area contributed by atoms with Crippen molar-refractivity contribution in [2.75, 3.05) is 0 Å². The molecule has 10 nitrogen and oxygen atoms in total. The van der Waals surface area contributed by atoms with E-state index in [9.17, 15) is 15.0 Å². The summed E-state index contributed by atoms with van der Waals surface area (Å²) in [6.07, 6.45) is -0.224. The van der Waals surface area contributed by atoms with Gasteiger partial charge in [-0.1, -0.05) is 32.0 Å². The van der Waals surface area contributed by atoms with Crippen LogP contribution >= 0.6 is 0 Å². The number of carbonyl (C=O) groups is 1. The van der Waals surface area contributed by atoms with Gasteiger partial charge in [-0.2, -0.15) is 0 Å². The average Bonchev–Trinajstić information content (AvgIpc) is 3.15. The summed E-state index contributed by atoms with van der Waals surface area (Å²) < 4.78 is 7.28. The van der Waals surface area contributed by atoms with Crippen molar-refractivity contribution < 1.29 is 24.3 Å². The van der Waals surface area contributed by atoms with Crippen LogP contribution in [0.5, 0.6) is 0 Å². The highest BCUT2D eigenvalue weighted by molar-refractivity contribution is 5.89. The lowest BCUT2D eigenvalue weighted by Gasteiger charge is -2.43. The number of nitrogens with two attached hydrogens (primary N) is 2. The summed E-state index contributed by atoms with van der Waals surface area (Å²) in [5, 5.41) is 28.9. The van der Waals surface area contributed by atoms with Crippen LogP contribution < -0.4 is 22.1 Å². The van der Waals surface area contributed by atoms with E-state index < -0.39 is 35.6 Å². The van der Waals surface area contributed by atoms with E-state index >= 15 is 0 Å². The fourth-order valence-corrected chi connectivity index (χ4v) is 4.84. The minimum atomic E-state index is -2.51. The van der Waals surface area contributed by atoms with Gasteiger partial charge < -0.3 is 26.0 Å². The van der Waals surface area contributed by atoms with Crippen LogP contribution in [-0.4, -0.2) is 68.4 Å². The summed E-state index contributed by atoms with van der Waals surface area (Å²) in [6, 6.07) is 6.87. The van der Waals surface area contributed by atoms with E-state index in [1.165, 1.54) is 0 Å². The Morgan fingerprint density at radius 2 is 1.93 bits per heavy atom. The summed E-state index contributed by atoms with van der Waals surface area (Å²) in [5.41, 5.74) is 11.0. The molecule has 0 saturated carbocycles. The van der Waals surface area contributed by atoms with E-state index in [-0.39, 0.29) is 18.0 Å². The number of aliphatic imine (C=N–C) groups is 1. The van der Waals surface area contributed by atoms with Crippen molar-refractivity contribution in [3.8, 4) is 0 Å². The van der Waals surface area contributed by atoms with Crippen molar-refractivity contribution in [1.29, 1.82) is 0 Å². The lowest BCUT2D eigenvalue weighted by atomic mass is 9.85. The SMILES string of the molecule is CC[C@@H]1NC(N)=[N+]2[C@H](CC)[C@H](OC(=O)c3ccccc3)C(O)(O)[C@@]23NC(N)=N[C@@H]13. The molecular weight excluding hydrogens is 376 g/mol. The number of hydrogen-bond acceptors (Lipinski definition) is 9. The van der Waals surface area contributed by atoms with Crippen LogP contribution in [0.25, 0.3) is 0 Å². The fraction of sp³-hybridized carbons (Fsp3) is 0.526. The zero-order valence-corrected chi connectivity index (χ0v) is 16.4. The first-order valence-corrected chi connectivity index (χ1v) is 9.78. The third-order valence-electron chi connectivity index (χ3n) is 6.12. The molecule has 1 aromatic carbocycles. The average molecular weight is 403 g/mol. The van der Waals surface area contributed by atoms with E-state index in [0.717, 1.165) is 0 Å². The molecular formula is C19H27N6O4+. The summed E-state index contributed by atoms with van der Waals surface area (Å²) in [4.78, 5) is 17.1. The Morgan fingerprint density at radius 3 is 2.55 bits per heavy atom. The molecule has 3 aliphatic rings. The molecule has 0 aromatic heterocycles. The molecule has 0 unspecified atom stereocenters. The molecule has 0 radical (unpaired) electrons. The Kier molecular flexibility index (Phi) is 4.43. The van der Waals surface area contributed by atoms with Crippen LogP contribution in [0.1, 0.15) is 37.0 Å². The van der Waals surface area contributed by atoms with Gasteiger partial charge in [0.15, 0.2) is 12.1 Å². The predicted molar refractivity (Wildman–Crippen MR) is 105 cm³/mol. The van der Waals surface area contributed by atoms with Crippen LogP contribution in [0.2, 0.25) is 0 Å². The number of nitrogens with zero attached hydrogens (tertiary/aromatic N) is 2. The fourth-order valence-electron chi connectivity index (χ4n) is 4.84. The maximum Gasteiger partial charge on any atom is 0.346 e. The van der Waals surface area contributed by atoms with Gasteiger partial charge in [-0.3, -0.25) is 11.1 Å². The first kappa shape index (κ1) is 19.5. The second-order valence-corrected chi connectivity index (χ2v) is 7.66. The van der Waals surface area contributed by atoms with Crippen molar-refractivity contribution in [2.45, 2.75) is 62.4 Å². The van der Waals surface area contributed by atoms with Crippen LogP contribution in [0.4, 0.5) is 0 Å². The summed E-state index contributed by atoms with van der Waals surface area (Å²) in [7, 11) is 0. The molecule has 3 heterocycles. The lowest BCUT2D eigenvalue weighted by Crippen LogP contribution is -2.78. The Hall–Kier alpha value is -2.85. The van der Waals surface area contributed by atoms with E-state index in [4.69, 9.17) is 16.2 Å². The molecule has 8 N–H and O–H groups in total. The van der Waals surface area contributed by atoms with Crippen LogP contribution in [-0.2, 0) is 4.74 Å². The van der Waals surface area contributed by atoms with Gasteiger partial charge in [-0.15, -0.1) is 0 Å². The molecule has 1 aromatic rings. The molecule has 3 aliphatic heterocycles. The third kappa shape index (κ3) is 2.52. The number of hydrogen-bond donors (Lipinski definition) is 6. The molecule has 0 amide bonds. The number of benzene rings is 1. The monoisotopic (exact) mass is 403 g/mol. The molecule has 0 aliphatic carbocycles. The van der Waals surface area contributed by atoms with Gasteiger partial charge in [0.1, 0.15) is 18.1 Å². The van der Waals surface area contributed by atoms with Crippen molar-refractivity contribution in [3.05, 3.63) is 35.9 Å². The van der Waals surface area contributed by atoms with Gasteiger partial charge in [0.05, 0.1) is 5.56 Å². The first-order chi connectivity index (χ1) is 13.8. The van der Waals surface area contributed by atoms with Crippen molar-refractivity contribution >= 4 is 17.9 Å². The maximum absolute atomic E-state index is 12.7. The number of nitrogens with one attached hydrogen (secondary N) is 2. The Bertz CT molecular complexity index is 886. The van der Waals surface area contributed by atoms with E-state index in [1.54, 1.807) is 34.9 Å². The second kappa shape index (κ2) is 6.60. The van der Waals surface area contributed by atoms with Crippen LogP contribution in [0.15, 0.2) is 35.3 Å². The highest BCUT2D eigenvalue weighted by Gasteiger charge is 2.78. The molecule has 1 saturated heterocycles. The van der Waals surface area contributed by atoms with Gasteiger partial charge in [0.25, 0.3) is 5.79 Å². The minimum absolute atomic E-state index is 0.0762. The standard InChI is InChI=1S/C19H26N6O4/c1-3-11-13-18(24-16(20)23-13)19(27,28)14(12(4-2)25(18)17(21)22-11)29-15(26)10-8-6-5-7-9-10/h5-9,11-14,27-28H,3-4H2,1-2H3,(H5,20,21,22,23,24)/p+1/t11-,12+,13-,14-,18-/m0/s1. The van der Waals surface area contributed by atoms with E-state index in [2.05, 4.69) is 15.6 Å². The number of rotatable bonds is 4. The van der Waals surface area contributed by atoms with Crippen molar-refractivity contribution in [1.82, 2.24) is 10.6 Å². The summed E-state index contributed by atoms with van der Waals surface area (Å²) >= 11 is 0. The number of guanidine groups is 2.